The number of nitro groups is 1. The summed E-state index contributed by atoms with van der Waals surface area (Å²) in [5.41, 5.74) is 11.7. The largest absolute Gasteiger partial charge is 0.369 e. The summed E-state index contributed by atoms with van der Waals surface area (Å²) >= 11 is 0. The summed E-state index contributed by atoms with van der Waals surface area (Å²) in [6.07, 6.45) is 2.23. The van der Waals surface area contributed by atoms with E-state index in [9.17, 15) is 14.9 Å². The van der Waals surface area contributed by atoms with Gasteiger partial charge < -0.3 is 16.4 Å². The van der Waals surface area contributed by atoms with E-state index in [0.717, 1.165) is 12.8 Å². The van der Waals surface area contributed by atoms with Gasteiger partial charge in [0.25, 0.3) is 11.6 Å². The molecule has 0 heterocycles. The molecule has 1 aromatic carbocycles. The molecule has 0 spiro atoms. The maximum Gasteiger partial charge on any atom is 0.270 e. The molecule has 4 N–H and O–H groups in total. The second-order valence-corrected chi connectivity index (χ2v) is 5.07. The average Bonchev–Trinajstić information content (AvgIpc) is 3.23. The maximum absolute atomic E-state index is 11.5. The highest BCUT2D eigenvalue weighted by atomic mass is 16.6. The first-order valence-corrected chi connectivity index (χ1v) is 6.46. The number of carbonyl (C=O) groups is 1. The van der Waals surface area contributed by atoms with Crippen LogP contribution in [0.3, 0.4) is 0 Å². The van der Waals surface area contributed by atoms with Crippen LogP contribution in [0, 0.1) is 16.0 Å². The molecule has 1 fully saturated rings. The van der Waals surface area contributed by atoms with Crippen LogP contribution >= 0.6 is 0 Å². The van der Waals surface area contributed by atoms with Crippen molar-refractivity contribution in [3.05, 3.63) is 33.9 Å². The van der Waals surface area contributed by atoms with Crippen molar-refractivity contribution in [1.82, 2.24) is 0 Å². The number of rotatable bonds is 6. The Bertz CT molecular complexity index is 542. The molecule has 7 heteroatoms. The zero-order valence-electron chi connectivity index (χ0n) is 11.3. The fourth-order valence-electron chi connectivity index (χ4n) is 2.47. The lowest BCUT2D eigenvalue weighted by molar-refractivity contribution is -0.384. The molecule has 0 radical (unpaired) electrons. The first kappa shape index (κ1) is 14.3. The molecule has 20 heavy (non-hydrogen) atoms. The van der Waals surface area contributed by atoms with Gasteiger partial charge in [0.05, 0.1) is 16.2 Å². The number of primary amides is 1. The van der Waals surface area contributed by atoms with E-state index in [1.54, 1.807) is 6.07 Å². The molecule has 1 amide bonds. The summed E-state index contributed by atoms with van der Waals surface area (Å²) in [5, 5.41) is 10.8. The molecule has 0 saturated heterocycles. The van der Waals surface area contributed by atoms with Gasteiger partial charge in [-0.2, -0.15) is 0 Å². The van der Waals surface area contributed by atoms with Crippen molar-refractivity contribution in [2.75, 3.05) is 18.5 Å². The predicted octanol–water partition coefficient (Wildman–Crippen LogP) is 0.867. The fraction of sp³-hybridized carbons (Fsp3) is 0.462. The molecule has 1 atom stereocenters. The number of likely N-dealkylation sites (N-methyl/N-ethyl adjacent to an activating group) is 1. The summed E-state index contributed by atoms with van der Waals surface area (Å²) in [7, 11) is 1.84. The van der Waals surface area contributed by atoms with E-state index in [1.807, 2.05) is 11.9 Å². The van der Waals surface area contributed by atoms with E-state index in [0.29, 0.717) is 18.2 Å². The van der Waals surface area contributed by atoms with E-state index in [-0.39, 0.29) is 17.3 Å². The van der Waals surface area contributed by atoms with Gasteiger partial charge in [0.2, 0.25) is 0 Å². The number of amides is 1. The first-order valence-electron chi connectivity index (χ1n) is 6.46. The van der Waals surface area contributed by atoms with Crippen LogP contribution in [0.2, 0.25) is 0 Å². The molecule has 0 aliphatic heterocycles. The van der Waals surface area contributed by atoms with Gasteiger partial charge in [-0.25, -0.2) is 0 Å². The van der Waals surface area contributed by atoms with Crippen molar-refractivity contribution in [2.45, 2.75) is 18.9 Å². The van der Waals surface area contributed by atoms with Gasteiger partial charge in [-0.15, -0.1) is 0 Å². The van der Waals surface area contributed by atoms with E-state index < -0.39 is 10.8 Å². The molecular formula is C13H18N4O3. The predicted molar refractivity (Wildman–Crippen MR) is 75.6 cm³/mol. The van der Waals surface area contributed by atoms with Crippen LogP contribution in [0.1, 0.15) is 23.2 Å². The molecule has 2 rings (SSSR count). The van der Waals surface area contributed by atoms with E-state index in [4.69, 9.17) is 11.5 Å². The number of nitro benzene ring substituents is 1. The lowest BCUT2D eigenvalue weighted by Gasteiger charge is -2.30. The monoisotopic (exact) mass is 278 g/mol. The number of nitrogens with zero attached hydrogens (tertiary/aromatic N) is 2. The van der Waals surface area contributed by atoms with Crippen molar-refractivity contribution in [3.63, 3.8) is 0 Å². The molecule has 0 bridgehead atoms. The van der Waals surface area contributed by atoms with Crippen molar-refractivity contribution in [2.24, 2.45) is 17.4 Å². The fourth-order valence-corrected chi connectivity index (χ4v) is 2.47. The number of benzene rings is 1. The Morgan fingerprint density at radius 2 is 2.20 bits per heavy atom. The molecule has 1 saturated carbocycles. The van der Waals surface area contributed by atoms with Gasteiger partial charge in [-0.3, -0.25) is 14.9 Å². The van der Waals surface area contributed by atoms with Gasteiger partial charge >= 0.3 is 0 Å². The molecule has 108 valence electrons. The van der Waals surface area contributed by atoms with E-state index in [2.05, 4.69) is 0 Å². The zero-order valence-corrected chi connectivity index (χ0v) is 11.3. The van der Waals surface area contributed by atoms with Gasteiger partial charge in [0, 0.05) is 31.8 Å². The Morgan fingerprint density at radius 3 is 2.65 bits per heavy atom. The number of non-ortho nitro benzene ring substituents is 1. The summed E-state index contributed by atoms with van der Waals surface area (Å²) in [5.74, 6) is -0.164. The Kier molecular flexibility index (Phi) is 3.89. The third-order valence-electron chi connectivity index (χ3n) is 3.74. The highest BCUT2D eigenvalue weighted by Gasteiger charge is 2.34. The lowest BCUT2D eigenvalue weighted by atomic mass is 10.1. The van der Waals surface area contributed by atoms with Crippen molar-refractivity contribution in [1.29, 1.82) is 0 Å². The number of carbonyl (C=O) groups excluding carboxylic acids is 1. The van der Waals surface area contributed by atoms with Crippen molar-refractivity contribution in [3.8, 4) is 0 Å². The Morgan fingerprint density at radius 1 is 1.55 bits per heavy atom. The van der Waals surface area contributed by atoms with Crippen LogP contribution in [-0.2, 0) is 0 Å². The van der Waals surface area contributed by atoms with Gasteiger partial charge in [0.1, 0.15) is 0 Å². The topological polar surface area (TPSA) is 115 Å². The normalized spacial score (nSPS) is 15.7. The van der Waals surface area contributed by atoms with Gasteiger partial charge in [0.15, 0.2) is 0 Å². The number of anilines is 1. The summed E-state index contributed by atoms with van der Waals surface area (Å²) < 4.78 is 0. The number of nitrogens with two attached hydrogens (primary N) is 2. The molecule has 0 aromatic heterocycles. The number of hydrogen-bond donors (Lipinski definition) is 2. The molecule has 1 aliphatic rings. The highest BCUT2D eigenvalue weighted by Crippen LogP contribution is 2.37. The van der Waals surface area contributed by atoms with Gasteiger partial charge in [-0.05, 0) is 24.8 Å². The summed E-state index contributed by atoms with van der Waals surface area (Å²) in [6, 6.07) is 4.27. The van der Waals surface area contributed by atoms with Crippen molar-refractivity contribution >= 4 is 17.3 Å². The average molecular weight is 278 g/mol. The summed E-state index contributed by atoms with van der Waals surface area (Å²) in [4.78, 5) is 23.7. The quantitative estimate of drug-likeness (QED) is 0.591. The van der Waals surface area contributed by atoms with Crippen LogP contribution in [0.25, 0.3) is 0 Å². The van der Waals surface area contributed by atoms with E-state index >= 15 is 0 Å². The molecule has 1 aliphatic carbocycles. The third-order valence-corrected chi connectivity index (χ3v) is 3.74. The first-order chi connectivity index (χ1) is 9.45. The minimum Gasteiger partial charge on any atom is -0.369 e. The Hall–Kier alpha value is -2.15. The minimum atomic E-state index is -0.679. The van der Waals surface area contributed by atoms with Crippen LogP contribution in [0.4, 0.5) is 11.4 Å². The summed E-state index contributed by atoms with van der Waals surface area (Å²) in [6.45, 7) is 0.469. The lowest BCUT2D eigenvalue weighted by Crippen LogP contribution is -2.40. The standard InChI is InChI=1S/C13H18N4O3/c1-16(12(7-14)8-2-3-8)11-5-4-9(17(19)20)6-10(11)13(15)18/h4-6,8,12H,2-3,7,14H2,1H3,(H2,15,18). The van der Waals surface area contributed by atoms with Gasteiger partial charge in [-0.1, -0.05) is 0 Å². The smallest absolute Gasteiger partial charge is 0.270 e. The maximum atomic E-state index is 11.5. The van der Waals surface area contributed by atoms with Crippen LogP contribution in [0.15, 0.2) is 18.2 Å². The van der Waals surface area contributed by atoms with Crippen LogP contribution in [0.5, 0.6) is 0 Å². The molecular weight excluding hydrogens is 260 g/mol. The Labute approximate surface area is 116 Å². The van der Waals surface area contributed by atoms with Crippen LogP contribution < -0.4 is 16.4 Å². The minimum absolute atomic E-state index is 0.120. The van der Waals surface area contributed by atoms with Crippen molar-refractivity contribution < 1.29 is 9.72 Å². The zero-order chi connectivity index (χ0) is 14.9. The van der Waals surface area contributed by atoms with Crippen LogP contribution in [-0.4, -0.2) is 30.5 Å². The Balaban J connectivity index is 2.39. The molecule has 1 aromatic rings. The second kappa shape index (κ2) is 5.46. The van der Waals surface area contributed by atoms with E-state index in [1.165, 1.54) is 12.1 Å². The second-order valence-electron chi connectivity index (χ2n) is 5.07. The third kappa shape index (κ3) is 2.72. The molecule has 1 unspecified atom stereocenters. The number of hydrogen-bond acceptors (Lipinski definition) is 5. The molecule has 7 nitrogen and oxygen atoms in total. The highest BCUT2D eigenvalue weighted by molar-refractivity contribution is 5.99. The SMILES string of the molecule is CN(c1ccc([N+](=O)[O-])cc1C(N)=O)C(CN)C1CC1.